The van der Waals surface area contributed by atoms with Crippen LogP contribution in [0.15, 0.2) is 23.5 Å². The quantitative estimate of drug-likeness (QED) is 0.282. The largest absolute Gasteiger partial charge is 0.409 e. The maximum absolute atomic E-state index is 9.00. The molecule has 0 aliphatic rings. The average molecular weight is 252 g/mol. The summed E-state index contributed by atoms with van der Waals surface area (Å²) in [5.74, 6) is 0.000972. The van der Waals surface area contributed by atoms with E-state index in [1.54, 1.807) is 12.3 Å². The summed E-state index contributed by atoms with van der Waals surface area (Å²) >= 11 is 0. The van der Waals surface area contributed by atoms with E-state index < -0.39 is 0 Å². The van der Waals surface area contributed by atoms with Crippen LogP contribution in [0.5, 0.6) is 0 Å². The van der Waals surface area contributed by atoms with Gasteiger partial charge in [0, 0.05) is 19.3 Å². The van der Waals surface area contributed by atoms with E-state index in [2.05, 4.69) is 22.0 Å². The molecule has 4 N–H and O–H groups in total. The summed E-state index contributed by atoms with van der Waals surface area (Å²) in [5, 5.41) is 20.5. The fourth-order valence-corrected chi connectivity index (χ4v) is 1.75. The van der Waals surface area contributed by atoms with Crippen molar-refractivity contribution in [2.75, 3.05) is 19.7 Å². The van der Waals surface area contributed by atoms with Gasteiger partial charge in [0.05, 0.1) is 6.61 Å². The third kappa shape index (κ3) is 4.31. The predicted molar refractivity (Wildman–Crippen MR) is 69.4 cm³/mol. The summed E-state index contributed by atoms with van der Waals surface area (Å²) in [7, 11) is 0. The van der Waals surface area contributed by atoms with E-state index in [0.29, 0.717) is 18.8 Å². The normalized spacial score (nSPS) is 12.1. The lowest BCUT2D eigenvalue weighted by Crippen LogP contribution is -2.27. The first kappa shape index (κ1) is 14.4. The lowest BCUT2D eigenvalue weighted by Gasteiger charge is -2.20. The summed E-state index contributed by atoms with van der Waals surface area (Å²) < 4.78 is 0. The lowest BCUT2D eigenvalue weighted by molar-refractivity contribution is 0.190. The molecule has 0 spiro atoms. The third-order valence-electron chi connectivity index (χ3n) is 2.56. The molecule has 0 saturated carbocycles. The van der Waals surface area contributed by atoms with E-state index in [1.807, 2.05) is 6.07 Å². The van der Waals surface area contributed by atoms with Crippen LogP contribution in [0.1, 0.15) is 24.6 Å². The van der Waals surface area contributed by atoms with Crippen molar-refractivity contribution in [3.05, 3.63) is 29.6 Å². The van der Waals surface area contributed by atoms with Crippen molar-refractivity contribution in [2.45, 2.75) is 19.9 Å². The van der Waals surface area contributed by atoms with Gasteiger partial charge < -0.3 is 16.0 Å². The number of hydrogen-bond acceptors (Lipinski definition) is 5. The second-order valence-corrected chi connectivity index (χ2v) is 4.03. The number of nitrogens with zero attached hydrogens (tertiary/aromatic N) is 3. The summed E-state index contributed by atoms with van der Waals surface area (Å²) in [5.41, 5.74) is 6.97. The molecule has 0 aliphatic carbocycles. The Morgan fingerprint density at radius 1 is 1.50 bits per heavy atom. The molecule has 1 aromatic rings. The second-order valence-electron chi connectivity index (χ2n) is 4.03. The van der Waals surface area contributed by atoms with E-state index in [9.17, 15) is 0 Å². The van der Waals surface area contributed by atoms with Crippen molar-refractivity contribution in [1.29, 1.82) is 0 Å². The van der Waals surface area contributed by atoms with E-state index in [-0.39, 0.29) is 12.4 Å². The molecule has 0 fully saturated rings. The minimum atomic E-state index is 0.000972. The Hall–Kier alpha value is -1.66. The Balaban J connectivity index is 2.76. The van der Waals surface area contributed by atoms with E-state index in [4.69, 9.17) is 16.0 Å². The van der Waals surface area contributed by atoms with E-state index in [0.717, 1.165) is 18.5 Å². The minimum absolute atomic E-state index is 0.000972. The molecule has 0 atom stereocenters. The molecule has 1 heterocycles. The summed E-state index contributed by atoms with van der Waals surface area (Å²) in [6, 6.07) is 3.67. The Morgan fingerprint density at radius 3 is 2.89 bits per heavy atom. The van der Waals surface area contributed by atoms with Gasteiger partial charge in [-0.15, -0.1) is 0 Å². The first-order valence-corrected chi connectivity index (χ1v) is 5.97. The van der Waals surface area contributed by atoms with Crippen LogP contribution in [0.2, 0.25) is 0 Å². The van der Waals surface area contributed by atoms with Crippen molar-refractivity contribution >= 4 is 5.84 Å². The van der Waals surface area contributed by atoms with E-state index >= 15 is 0 Å². The number of rotatable bonds is 7. The SMILES string of the molecule is CCCN(CCO)Cc1ccnc(C(N)=NO)c1. The van der Waals surface area contributed by atoms with Gasteiger partial charge in [0.25, 0.3) is 0 Å². The average Bonchev–Trinajstić information content (AvgIpc) is 2.39. The van der Waals surface area contributed by atoms with Crippen LogP contribution < -0.4 is 5.73 Å². The molecule has 6 heteroatoms. The fraction of sp³-hybridized carbons (Fsp3) is 0.500. The highest BCUT2D eigenvalue weighted by Gasteiger charge is 2.07. The Labute approximate surface area is 107 Å². The molecule has 0 radical (unpaired) electrons. The number of oxime groups is 1. The molecule has 0 amide bonds. The molecule has 0 aromatic carbocycles. The van der Waals surface area contributed by atoms with Crippen LogP contribution in [-0.2, 0) is 6.54 Å². The lowest BCUT2D eigenvalue weighted by atomic mass is 10.2. The topological polar surface area (TPSA) is 95.0 Å². The van der Waals surface area contributed by atoms with Crippen LogP contribution in [0.25, 0.3) is 0 Å². The van der Waals surface area contributed by atoms with Crippen LogP contribution in [0.3, 0.4) is 0 Å². The number of hydrogen-bond donors (Lipinski definition) is 3. The number of amidine groups is 1. The number of aliphatic hydroxyl groups excluding tert-OH is 1. The van der Waals surface area contributed by atoms with Crippen molar-refractivity contribution in [2.24, 2.45) is 10.9 Å². The molecule has 0 bridgehead atoms. The molecule has 6 nitrogen and oxygen atoms in total. The maximum atomic E-state index is 9.00. The monoisotopic (exact) mass is 252 g/mol. The van der Waals surface area contributed by atoms with Crippen molar-refractivity contribution < 1.29 is 10.3 Å². The van der Waals surface area contributed by atoms with Crippen LogP contribution >= 0.6 is 0 Å². The molecule has 1 aromatic heterocycles. The highest BCUT2D eigenvalue weighted by atomic mass is 16.4. The van der Waals surface area contributed by atoms with Gasteiger partial charge in [-0.2, -0.15) is 0 Å². The van der Waals surface area contributed by atoms with Gasteiger partial charge in [-0.05, 0) is 30.7 Å². The maximum Gasteiger partial charge on any atom is 0.188 e. The Kier molecular flexibility index (Phi) is 6.10. The minimum Gasteiger partial charge on any atom is -0.409 e. The van der Waals surface area contributed by atoms with Gasteiger partial charge in [-0.25, -0.2) is 0 Å². The molecular weight excluding hydrogens is 232 g/mol. The van der Waals surface area contributed by atoms with Gasteiger partial charge in [0.2, 0.25) is 0 Å². The summed E-state index contributed by atoms with van der Waals surface area (Å²) in [4.78, 5) is 6.17. The molecule has 1 rings (SSSR count). The number of aromatic nitrogens is 1. The smallest absolute Gasteiger partial charge is 0.188 e. The highest BCUT2D eigenvalue weighted by molar-refractivity contribution is 5.95. The second kappa shape index (κ2) is 7.62. The molecule has 0 unspecified atom stereocenters. The predicted octanol–water partition coefficient (Wildman–Crippen LogP) is 0.380. The van der Waals surface area contributed by atoms with Crippen molar-refractivity contribution in [1.82, 2.24) is 9.88 Å². The van der Waals surface area contributed by atoms with Gasteiger partial charge in [0.1, 0.15) is 5.69 Å². The summed E-state index contributed by atoms with van der Waals surface area (Å²) in [6.07, 6.45) is 2.66. The first-order chi connectivity index (χ1) is 8.71. The molecular formula is C12H20N4O2. The number of nitrogens with two attached hydrogens (primary N) is 1. The standard InChI is InChI=1S/C12H20N4O2/c1-2-5-16(6-7-17)9-10-3-4-14-11(8-10)12(13)15-18/h3-4,8,17-18H,2,5-7,9H2,1H3,(H2,13,15). The molecule has 18 heavy (non-hydrogen) atoms. The Bertz CT molecular complexity index is 389. The number of pyridine rings is 1. The summed E-state index contributed by atoms with van der Waals surface area (Å²) in [6.45, 7) is 4.50. The molecule has 0 saturated heterocycles. The van der Waals surface area contributed by atoms with Crippen LogP contribution in [-0.4, -0.2) is 45.7 Å². The zero-order valence-corrected chi connectivity index (χ0v) is 10.6. The van der Waals surface area contributed by atoms with Crippen molar-refractivity contribution in [3.63, 3.8) is 0 Å². The molecule has 100 valence electrons. The highest BCUT2D eigenvalue weighted by Crippen LogP contribution is 2.06. The van der Waals surface area contributed by atoms with Gasteiger partial charge >= 0.3 is 0 Å². The third-order valence-corrected chi connectivity index (χ3v) is 2.56. The fourth-order valence-electron chi connectivity index (χ4n) is 1.75. The molecule has 0 aliphatic heterocycles. The Morgan fingerprint density at radius 2 is 2.28 bits per heavy atom. The van der Waals surface area contributed by atoms with Gasteiger partial charge in [-0.3, -0.25) is 9.88 Å². The van der Waals surface area contributed by atoms with Gasteiger partial charge in [0.15, 0.2) is 5.84 Å². The van der Waals surface area contributed by atoms with Crippen LogP contribution in [0.4, 0.5) is 0 Å². The van der Waals surface area contributed by atoms with Crippen LogP contribution in [0, 0.1) is 0 Å². The number of aliphatic hydroxyl groups is 1. The van der Waals surface area contributed by atoms with Crippen molar-refractivity contribution in [3.8, 4) is 0 Å². The zero-order chi connectivity index (χ0) is 13.4. The van der Waals surface area contributed by atoms with Gasteiger partial charge in [-0.1, -0.05) is 12.1 Å². The zero-order valence-electron chi connectivity index (χ0n) is 10.6. The van der Waals surface area contributed by atoms with E-state index in [1.165, 1.54) is 0 Å². The first-order valence-electron chi connectivity index (χ1n) is 5.97.